The molecule has 1 atom stereocenters. The van der Waals surface area contributed by atoms with Crippen LogP contribution in [-0.2, 0) is 24.1 Å². The molecule has 2 aromatic rings. The van der Waals surface area contributed by atoms with Crippen molar-refractivity contribution in [1.29, 1.82) is 0 Å². The van der Waals surface area contributed by atoms with Gasteiger partial charge in [-0.15, -0.1) is 11.6 Å². The number of aryl methyl sites for hydroxylation is 2. The Labute approximate surface area is 148 Å². The maximum atomic E-state index is 11.5. The lowest BCUT2D eigenvalue weighted by Gasteiger charge is -2.15. The van der Waals surface area contributed by atoms with Gasteiger partial charge in [-0.2, -0.15) is 0 Å². The molecule has 1 aromatic heterocycles. The van der Waals surface area contributed by atoms with E-state index in [0.29, 0.717) is 17.4 Å². The highest BCUT2D eigenvalue weighted by Crippen LogP contribution is 2.20. The number of nitrogens with zero attached hydrogens (tertiary/aromatic N) is 2. The molecule has 0 N–H and O–H groups in total. The van der Waals surface area contributed by atoms with Crippen LogP contribution in [0.4, 0.5) is 0 Å². The number of alkyl halides is 1. The first-order valence-electron chi connectivity index (χ1n) is 8.38. The summed E-state index contributed by atoms with van der Waals surface area (Å²) in [4.78, 5) is 16.1. The van der Waals surface area contributed by atoms with Crippen molar-refractivity contribution >= 4 is 17.6 Å². The number of ether oxygens (including phenoxy) is 1. The molecule has 4 nitrogen and oxygen atoms in total. The first kappa shape index (κ1) is 18.5. The number of imidazole rings is 1. The van der Waals surface area contributed by atoms with Gasteiger partial charge in [0, 0.05) is 36.7 Å². The maximum Gasteiger partial charge on any atom is 0.337 e. The van der Waals surface area contributed by atoms with Gasteiger partial charge in [0.15, 0.2) is 0 Å². The zero-order valence-electron chi connectivity index (χ0n) is 14.6. The van der Waals surface area contributed by atoms with E-state index < -0.39 is 0 Å². The Balaban J connectivity index is 2.12. The molecule has 24 heavy (non-hydrogen) atoms. The molecule has 0 amide bonds. The Morgan fingerprint density at radius 2 is 2.00 bits per heavy atom. The smallest absolute Gasteiger partial charge is 0.337 e. The molecule has 5 heteroatoms. The molecule has 2 rings (SSSR count). The molecule has 0 aliphatic carbocycles. The summed E-state index contributed by atoms with van der Waals surface area (Å²) in [6.45, 7) is 5.24. The predicted molar refractivity (Wildman–Crippen MR) is 96.8 cm³/mol. The normalized spacial score (nSPS) is 12.2. The minimum Gasteiger partial charge on any atom is -0.465 e. The number of aromatic nitrogens is 2. The van der Waals surface area contributed by atoms with Gasteiger partial charge >= 0.3 is 5.97 Å². The lowest BCUT2D eigenvalue weighted by molar-refractivity contribution is 0.0600. The number of carbonyl (C=O) groups is 1. The Kier molecular flexibility index (Phi) is 6.85. The van der Waals surface area contributed by atoms with Crippen molar-refractivity contribution in [3.8, 4) is 0 Å². The van der Waals surface area contributed by atoms with Crippen LogP contribution in [0.2, 0.25) is 0 Å². The summed E-state index contributed by atoms with van der Waals surface area (Å²) >= 11 is 5.92. The number of methoxy groups -OCH3 is 1. The Hall–Kier alpha value is -1.81. The number of halogens is 1. The van der Waals surface area contributed by atoms with Crippen LogP contribution in [0.1, 0.15) is 53.6 Å². The minimum atomic E-state index is -0.306. The number of carbonyl (C=O) groups excluding carboxylic acids is 1. The van der Waals surface area contributed by atoms with E-state index in [1.54, 1.807) is 0 Å². The molecule has 0 saturated heterocycles. The molecule has 0 spiro atoms. The summed E-state index contributed by atoms with van der Waals surface area (Å²) in [6.07, 6.45) is 4.72. The second-order valence-corrected chi connectivity index (χ2v) is 6.32. The van der Waals surface area contributed by atoms with Crippen molar-refractivity contribution in [2.75, 3.05) is 13.0 Å². The van der Waals surface area contributed by atoms with E-state index in [4.69, 9.17) is 16.3 Å². The van der Waals surface area contributed by atoms with E-state index in [1.165, 1.54) is 18.4 Å². The van der Waals surface area contributed by atoms with Gasteiger partial charge in [-0.1, -0.05) is 26.0 Å². The standard InChI is InChI=1S/C19H25ClN2O2/c1-4-14(2)18-21-13-17(9-11-20)22(18)12-10-15-5-7-16(8-6-15)19(23)24-3/h5-8,13-14H,4,9-12H2,1-3H3. The third-order valence-electron chi connectivity index (χ3n) is 4.37. The zero-order valence-corrected chi connectivity index (χ0v) is 15.3. The van der Waals surface area contributed by atoms with E-state index in [0.717, 1.165) is 31.6 Å². The highest BCUT2D eigenvalue weighted by molar-refractivity contribution is 6.17. The van der Waals surface area contributed by atoms with Gasteiger partial charge < -0.3 is 9.30 Å². The van der Waals surface area contributed by atoms with Crippen LogP contribution >= 0.6 is 11.6 Å². The monoisotopic (exact) mass is 348 g/mol. The van der Waals surface area contributed by atoms with Gasteiger partial charge in [0.05, 0.1) is 12.7 Å². The number of rotatable bonds is 8. The van der Waals surface area contributed by atoms with Crippen molar-refractivity contribution < 1.29 is 9.53 Å². The quantitative estimate of drug-likeness (QED) is 0.530. The highest BCUT2D eigenvalue weighted by atomic mass is 35.5. The first-order chi connectivity index (χ1) is 11.6. The molecule has 0 radical (unpaired) electrons. The van der Waals surface area contributed by atoms with E-state index in [1.807, 2.05) is 30.5 Å². The van der Waals surface area contributed by atoms with Crippen LogP contribution in [0, 0.1) is 0 Å². The second kappa shape index (κ2) is 8.88. The molecule has 0 aliphatic rings. The van der Waals surface area contributed by atoms with Crippen molar-refractivity contribution in [2.24, 2.45) is 0 Å². The van der Waals surface area contributed by atoms with Crippen LogP contribution in [0.15, 0.2) is 30.5 Å². The van der Waals surface area contributed by atoms with E-state index in [-0.39, 0.29) is 5.97 Å². The number of esters is 1. The fourth-order valence-corrected chi connectivity index (χ4v) is 2.92. The SMILES string of the molecule is CCC(C)c1ncc(CCCl)n1CCc1ccc(C(=O)OC)cc1. The zero-order chi connectivity index (χ0) is 17.5. The van der Waals surface area contributed by atoms with Crippen molar-refractivity contribution in [2.45, 2.75) is 45.6 Å². The van der Waals surface area contributed by atoms with Crippen molar-refractivity contribution in [3.05, 3.63) is 53.1 Å². The summed E-state index contributed by atoms with van der Waals surface area (Å²) in [6, 6.07) is 7.58. The van der Waals surface area contributed by atoms with Crippen molar-refractivity contribution in [1.82, 2.24) is 9.55 Å². The first-order valence-corrected chi connectivity index (χ1v) is 8.91. The molecule has 130 valence electrons. The summed E-state index contributed by atoms with van der Waals surface area (Å²) in [5.74, 6) is 1.85. The molecule has 0 fully saturated rings. The van der Waals surface area contributed by atoms with Gasteiger partial charge in [-0.3, -0.25) is 0 Å². The number of benzene rings is 1. The molecular formula is C19H25ClN2O2. The van der Waals surface area contributed by atoms with Gasteiger partial charge in [-0.25, -0.2) is 9.78 Å². The Morgan fingerprint density at radius 1 is 1.29 bits per heavy atom. The third kappa shape index (κ3) is 4.38. The summed E-state index contributed by atoms with van der Waals surface area (Å²) in [5.41, 5.74) is 2.95. The predicted octanol–water partition coefficient (Wildman–Crippen LogP) is 4.21. The largest absolute Gasteiger partial charge is 0.465 e. The van der Waals surface area contributed by atoms with E-state index in [9.17, 15) is 4.79 Å². The highest BCUT2D eigenvalue weighted by Gasteiger charge is 2.14. The van der Waals surface area contributed by atoms with Crippen molar-refractivity contribution in [3.63, 3.8) is 0 Å². The van der Waals surface area contributed by atoms with Crippen LogP contribution in [0.25, 0.3) is 0 Å². The average molecular weight is 349 g/mol. The maximum absolute atomic E-state index is 11.5. The fourth-order valence-electron chi connectivity index (χ4n) is 2.72. The van der Waals surface area contributed by atoms with Gasteiger partial charge in [0.25, 0.3) is 0 Å². The average Bonchev–Trinajstić information content (AvgIpc) is 3.02. The van der Waals surface area contributed by atoms with E-state index in [2.05, 4.69) is 23.4 Å². The molecule has 0 aliphatic heterocycles. The van der Waals surface area contributed by atoms with Gasteiger partial charge in [0.1, 0.15) is 5.82 Å². The third-order valence-corrected chi connectivity index (χ3v) is 4.56. The molecular weight excluding hydrogens is 324 g/mol. The Bertz CT molecular complexity index is 665. The van der Waals surface area contributed by atoms with Gasteiger partial charge in [-0.05, 0) is 30.5 Å². The summed E-state index contributed by atoms with van der Waals surface area (Å²) in [5, 5.41) is 0. The minimum absolute atomic E-state index is 0.306. The van der Waals surface area contributed by atoms with Crippen LogP contribution < -0.4 is 0 Å². The number of hydrogen-bond donors (Lipinski definition) is 0. The second-order valence-electron chi connectivity index (χ2n) is 5.95. The lowest BCUT2D eigenvalue weighted by Crippen LogP contribution is -2.12. The van der Waals surface area contributed by atoms with Gasteiger partial charge in [0.2, 0.25) is 0 Å². The molecule has 0 saturated carbocycles. The summed E-state index contributed by atoms with van der Waals surface area (Å²) in [7, 11) is 1.39. The molecule has 0 bridgehead atoms. The van der Waals surface area contributed by atoms with Crippen LogP contribution in [0.5, 0.6) is 0 Å². The molecule has 1 heterocycles. The Morgan fingerprint density at radius 3 is 2.58 bits per heavy atom. The van der Waals surface area contributed by atoms with E-state index >= 15 is 0 Å². The van der Waals surface area contributed by atoms with Crippen LogP contribution in [-0.4, -0.2) is 28.5 Å². The lowest BCUT2D eigenvalue weighted by atomic mass is 10.1. The number of hydrogen-bond acceptors (Lipinski definition) is 3. The fraction of sp³-hybridized carbons (Fsp3) is 0.474. The molecule has 1 unspecified atom stereocenters. The molecule has 1 aromatic carbocycles. The van der Waals surface area contributed by atoms with Crippen LogP contribution in [0.3, 0.4) is 0 Å². The summed E-state index contributed by atoms with van der Waals surface area (Å²) < 4.78 is 7.02. The topological polar surface area (TPSA) is 44.1 Å².